The number of amides is 1. The van der Waals surface area contributed by atoms with Crippen LogP contribution in [0.1, 0.15) is 12.5 Å². The van der Waals surface area contributed by atoms with E-state index in [0.29, 0.717) is 5.13 Å². The van der Waals surface area contributed by atoms with Crippen molar-refractivity contribution in [3.63, 3.8) is 0 Å². The summed E-state index contributed by atoms with van der Waals surface area (Å²) in [5, 5.41) is 20.0. The lowest BCUT2D eigenvalue weighted by Crippen LogP contribution is -2.05. The molecule has 8 nitrogen and oxygen atoms in total. The van der Waals surface area contributed by atoms with E-state index in [1.807, 2.05) is 29.6 Å². The molecule has 2 aromatic carbocycles. The minimum Gasteiger partial charge on any atom is -0.326 e. The molecule has 3 aromatic rings. The Morgan fingerprint density at radius 2 is 1.89 bits per heavy atom. The Labute approximate surface area is 158 Å². The van der Waals surface area contributed by atoms with E-state index in [2.05, 4.69) is 20.8 Å². The maximum absolute atomic E-state index is 11.0. The topological polar surface area (TPSA) is 110 Å². The van der Waals surface area contributed by atoms with Gasteiger partial charge >= 0.3 is 0 Å². The first-order valence-electron chi connectivity index (χ1n) is 7.88. The van der Waals surface area contributed by atoms with Crippen LogP contribution in [0, 0.1) is 10.1 Å². The van der Waals surface area contributed by atoms with Gasteiger partial charge in [-0.25, -0.2) is 4.98 Å². The number of carbonyl (C=O) groups is 1. The highest BCUT2D eigenvalue weighted by molar-refractivity contribution is 7.14. The summed E-state index contributed by atoms with van der Waals surface area (Å²) < 4.78 is 0. The predicted octanol–water partition coefficient (Wildman–Crippen LogP) is 4.12. The summed E-state index contributed by atoms with van der Waals surface area (Å²) >= 11 is 1.41. The van der Waals surface area contributed by atoms with Gasteiger partial charge in [-0.15, -0.1) is 11.3 Å². The molecule has 0 saturated carbocycles. The Hall–Kier alpha value is -3.59. The van der Waals surface area contributed by atoms with Crippen LogP contribution in [-0.2, 0) is 4.79 Å². The van der Waals surface area contributed by atoms with Crippen LogP contribution in [-0.4, -0.2) is 22.0 Å². The van der Waals surface area contributed by atoms with Crippen molar-refractivity contribution in [2.45, 2.75) is 6.92 Å². The molecule has 1 aromatic heterocycles. The molecule has 0 saturated heterocycles. The molecule has 9 heteroatoms. The lowest BCUT2D eigenvalue weighted by Gasteiger charge is -2.02. The molecule has 0 spiro atoms. The van der Waals surface area contributed by atoms with E-state index in [-0.39, 0.29) is 11.6 Å². The Morgan fingerprint density at radius 1 is 1.19 bits per heavy atom. The van der Waals surface area contributed by atoms with Crippen LogP contribution in [0.15, 0.2) is 59.0 Å². The molecular formula is C18H15N5O3S. The van der Waals surface area contributed by atoms with Gasteiger partial charge in [-0.3, -0.25) is 20.3 Å². The molecule has 0 aliphatic heterocycles. The van der Waals surface area contributed by atoms with E-state index in [1.165, 1.54) is 30.4 Å². The van der Waals surface area contributed by atoms with Crippen molar-refractivity contribution in [1.82, 2.24) is 4.98 Å². The summed E-state index contributed by atoms with van der Waals surface area (Å²) in [7, 11) is 0. The van der Waals surface area contributed by atoms with Crippen molar-refractivity contribution in [3.8, 4) is 11.3 Å². The monoisotopic (exact) mass is 381 g/mol. The van der Waals surface area contributed by atoms with Crippen molar-refractivity contribution in [1.29, 1.82) is 0 Å². The van der Waals surface area contributed by atoms with Gasteiger partial charge in [0.15, 0.2) is 0 Å². The number of aromatic nitrogens is 1. The Bertz CT molecular complexity index is 981. The minimum absolute atomic E-state index is 0.0363. The van der Waals surface area contributed by atoms with Crippen LogP contribution in [0.3, 0.4) is 0 Å². The van der Waals surface area contributed by atoms with Gasteiger partial charge in [0.2, 0.25) is 11.0 Å². The smallest absolute Gasteiger partial charge is 0.269 e. The van der Waals surface area contributed by atoms with Gasteiger partial charge in [-0.2, -0.15) is 5.10 Å². The molecule has 0 bridgehead atoms. The average molecular weight is 381 g/mol. The van der Waals surface area contributed by atoms with E-state index in [9.17, 15) is 14.9 Å². The Balaban J connectivity index is 1.62. The number of hydrazone groups is 1. The summed E-state index contributed by atoms with van der Waals surface area (Å²) in [4.78, 5) is 25.7. The number of nitro groups is 1. The minimum atomic E-state index is -0.445. The van der Waals surface area contributed by atoms with Crippen molar-refractivity contribution < 1.29 is 9.72 Å². The zero-order valence-corrected chi connectivity index (χ0v) is 15.1. The number of thiazole rings is 1. The molecule has 1 amide bonds. The van der Waals surface area contributed by atoms with E-state index in [1.54, 1.807) is 18.3 Å². The summed E-state index contributed by atoms with van der Waals surface area (Å²) in [6.07, 6.45) is 1.56. The van der Waals surface area contributed by atoms with Gasteiger partial charge in [0.1, 0.15) is 0 Å². The molecule has 27 heavy (non-hydrogen) atoms. The maximum Gasteiger partial charge on any atom is 0.269 e. The van der Waals surface area contributed by atoms with Crippen LogP contribution in [0.5, 0.6) is 0 Å². The molecule has 0 atom stereocenters. The quantitative estimate of drug-likeness (QED) is 0.379. The van der Waals surface area contributed by atoms with Crippen LogP contribution >= 0.6 is 11.3 Å². The van der Waals surface area contributed by atoms with Crippen LogP contribution in [0.2, 0.25) is 0 Å². The number of nitrogens with one attached hydrogen (secondary N) is 2. The highest BCUT2D eigenvalue weighted by Crippen LogP contribution is 2.26. The number of anilines is 2. The number of rotatable bonds is 6. The van der Waals surface area contributed by atoms with Gasteiger partial charge in [0.25, 0.3) is 5.69 Å². The standard InChI is InChI=1S/C18H15N5O3S/c1-12(24)20-15-6-4-14(5-7-15)17-11-27-18(21-17)22-19-10-13-2-8-16(9-3-13)23(25)26/h2-11H,1H3,(H,20,24)(H,21,22)/b19-10-. The third-order valence-corrected chi connectivity index (χ3v) is 4.23. The number of non-ortho nitro benzene ring substituents is 1. The van der Waals surface area contributed by atoms with Gasteiger partial charge < -0.3 is 5.32 Å². The number of hydrogen-bond acceptors (Lipinski definition) is 7. The fraction of sp³-hybridized carbons (Fsp3) is 0.0556. The van der Waals surface area contributed by atoms with Gasteiger partial charge in [0, 0.05) is 35.7 Å². The second-order valence-electron chi connectivity index (χ2n) is 5.52. The molecule has 0 radical (unpaired) electrons. The van der Waals surface area contributed by atoms with E-state index >= 15 is 0 Å². The van der Waals surface area contributed by atoms with Gasteiger partial charge in [-0.1, -0.05) is 12.1 Å². The Kier molecular flexibility index (Phi) is 5.53. The zero-order valence-electron chi connectivity index (χ0n) is 14.2. The fourth-order valence-electron chi connectivity index (χ4n) is 2.23. The number of carbonyl (C=O) groups excluding carboxylic acids is 1. The largest absolute Gasteiger partial charge is 0.326 e. The van der Waals surface area contributed by atoms with E-state index in [0.717, 1.165) is 22.5 Å². The van der Waals surface area contributed by atoms with Crippen molar-refractivity contribution >= 4 is 40.0 Å². The number of nitrogens with zero attached hydrogens (tertiary/aromatic N) is 3. The van der Waals surface area contributed by atoms with Crippen molar-refractivity contribution in [2.75, 3.05) is 10.7 Å². The third kappa shape index (κ3) is 4.95. The molecule has 0 fully saturated rings. The van der Waals surface area contributed by atoms with Crippen LogP contribution in [0.25, 0.3) is 11.3 Å². The summed E-state index contributed by atoms with van der Waals surface area (Å²) in [6.45, 7) is 1.46. The first-order valence-corrected chi connectivity index (χ1v) is 8.76. The lowest BCUT2D eigenvalue weighted by molar-refractivity contribution is -0.384. The zero-order chi connectivity index (χ0) is 19.2. The predicted molar refractivity (Wildman–Crippen MR) is 106 cm³/mol. The van der Waals surface area contributed by atoms with Crippen molar-refractivity contribution in [2.24, 2.45) is 5.10 Å². The van der Waals surface area contributed by atoms with Crippen molar-refractivity contribution in [3.05, 3.63) is 69.6 Å². The second kappa shape index (κ2) is 8.19. The summed E-state index contributed by atoms with van der Waals surface area (Å²) in [6, 6.07) is 13.5. The molecular weight excluding hydrogens is 366 g/mol. The normalized spacial score (nSPS) is 10.7. The molecule has 0 aliphatic carbocycles. The first-order chi connectivity index (χ1) is 13.0. The molecule has 0 aliphatic rings. The lowest BCUT2D eigenvalue weighted by atomic mass is 10.1. The molecule has 0 unspecified atom stereocenters. The molecule has 136 valence electrons. The number of benzene rings is 2. The molecule has 2 N–H and O–H groups in total. The van der Waals surface area contributed by atoms with E-state index in [4.69, 9.17) is 0 Å². The van der Waals surface area contributed by atoms with E-state index < -0.39 is 4.92 Å². The SMILES string of the molecule is CC(=O)Nc1ccc(-c2csc(N/N=C\c3ccc([N+](=O)[O-])cc3)n2)cc1. The highest BCUT2D eigenvalue weighted by Gasteiger charge is 2.05. The summed E-state index contributed by atoms with van der Waals surface area (Å²) in [5.74, 6) is -0.117. The Morgan fingerprint density at radius 3 is 2.52 bits per heavy atom. The number of nitro benzene ring substituents is 1. The fourth-order valence-corrected chi connectivity index (χ4v) is 2.90. The van der Waals surface area contributed by atoms with Gasteiger partial charge in [-0.05, 0) is 29.8 Å². The van der Waals surface area contributed by atoms with Crippen LogP contribution in [0.4, 0.5) is 16.5 Å². The summed E-state index contributed by atoms with van der Waals surface area (Å²) in [5.41, 5.74) is 6.06. The highest BCUT2D eigenvalue weighted by atomic mass is 32.1. The van der Waals surface area contributed by atoms with Gasteiger partial charge in [0.05, 0.1) is 16.8 Å². The average Bonchev–Trinajstić information content (AvgIpc) is 3.11. The number of hydrogen-bond donors (Lipinski definition) is 2. The van der Waals surface area contributed by atoms with Crippen LogP contribution < -0.4 is 10.7 Å². The maximum atomic E-state index is 11.0. The molecule has 3 rings (SSSR count). The molecule has 1 heterocycles. The second-order valence-corrected chi connectivity index (χ2v) is 6.37. The first kappa shape index (κ1) is 18.2. The third-order valence-electron chi connectivity index (χ3n) is 3.48.